The van der Waals surface area contributed by atoms with Crippen molar-refractivity contribution in [2.75, 3.05) is 11.9 Å². The van der Waals surface area contributed by atoms with Crippen molar-refractivity contribution >= 4 is 17.7 Å². The molecule has 5 nitrogen and oxygen atoms in total. The zero-order chi connectivity index (χ0) is 12.1. The highest BCUT2D eigenvalue weighted by Gasteiger charge is 2.04. The monoisotopic (exact) mass is 249 g/mol. The Labute approximate surface area is 105 Å². The van der Waals surface area contributed by atoms with Gasteiger partial charge in [-0.1, -0.05) is 6.92 Å². The van der Waals surface area contributed by atoms with Gasteiger partial charge in [0, 0.05) is 32.2 Å². The third-order valence-electron chi connectivity index (χ3n) is 2.14. The van der Waals surface area contributed by atoms with Crippen LogP contribution in [-0.4, -0.2) is 26.1 Å². The summed E-state index contributed by atoms with van der Waals surface area (Å²) in [6.07, 6.45) is 6.51. The molecule has 17 heavy (non-hydrogen) atoms. The number of anilines is 1. The van der Waals surface area contributed by atoms with Gasteiger partial charge in [-0.2, -0.15) is 0 Å². The highest BCUT2D eigenvalue weighted by molar-refractivity contribution is 7.99. The molecular formula is C11H15N5S. The van der Waals surface area contributed by atoms with E-state index in [2.05, 4.69) is 27.2 Å². The van der Waals surface area contributed by atoms with Crippen LogP contribution in [-0.2, 0) is 7.05 Å². The van der Waals surface area contributed by atoms with Crippen molar-refractivity contribution in [2.24, 2.45) is 7.05 Å². The molecule has 0 aliphatic carbocycles. The standard InChI is InChI=1S/C11H15N5S/c1-3-5-12-10-13-6-4-9(15-10)17-11-14-7-8-16(11)2/h4,6-8H,3,5H2,1-2H3,(H,12,13,15). The summed E-state index contributed by atoms with van der Waals surface area (Å²) in [5, 5.41) is 4.98. The van der Waals surface area contributed by atoms with Gasteiger partial charge in [0.1, 0.15) is 5.03 Å². The van der Waals surface area contributed by atoms with Crippen LogP contribution in [0, 0.1) is 0 Å². The number of nitrogens with zero attached hydrogens (tertiary/aromatic N) is 4. The molecule has 0 aliphatic rings. The molecule has 1 N–H and O–H groups in total. The van der Waals surface area contributed by atoms with Crippen molar-refractivity contribution in [3.8, 4) is 0 Å². The molecule has 0 fully saturated rings. The second-order valence-electron chi connectivity index (χ2n) is 3.57. The Morgan fingerprint density at radius 3 is 2.94 bits per heavy atom. The highest BCUT2D eigenvalue weighted by Crippen LogP contribution is 2.23. The van der Waals surface area contributed by atoms with Gasteiger partial charge in [-0.25, -0.2) is 15.0 Å². The van der Waals surface area contributed by atoms with Gasteiger partial charge < -0.3 is 9.88 Å². The van der Waals surface area contributed by atoms with Crippen molar-refractivity contribution in [3.63, 3.8) is 0 Å². The van der Waals surface area contributed by atoms with Gasteiger partial charge >= 0.3 is 0 Å². The Bertz CT molecular complexity index is 482. The number of nitrogens with one attached hydrogen (secondary N) is 1. The third-order valence-corrected chi connectivity index (χ3v) is 3.15. The highest BCUT2D eigenvalue weighted by atomic mass is 32.2. The minimum absolute atomic E-state index is 0.672. The number of aromatic nitrogens is 4. The zero-order valence-corrected chi connectivity index (χ0v) is 10.7. The molecule has 0 aromatic carbocycles. The van der Waals surface area contributed by atoms with Crippen LogP contribution in [0.5, 0.6) is 0 Å². The normalized spacial score (nSPS) is 10.5. The van der Waals surface area contributed by atoms with Crippen molar-refractivity contribution in [2.45, 2.75) is 23.5 Å². The Morgan fingerprint density at radius 1 is 1.35 bits per heavy atom. The quantitative estimate of drug-likeness (QED) is 0.823. The SMILES string of the molecule is CCCNc1nccc(Sc2nccn2C)n1. The van der Waals surface area contributed by atoms with Crippen LogP contribution in [0.2, 0.25) is 0 Å². The van der Waals surface area contributed by atoms with E-state index in [9.17, 15) is 0 Å². The summed E-state index contributed by atoms with van der Waals surface area (Å²) in [5.74, 6) is 0.672. The molecule has 2 rings (SSSR count). The maximum absolute atomic E-state index is 4.41. The lowest BCUT2D eigenvalue weighted by molar-refractivity contribution is 0.788. The van der Waals surface area contributed by atoms with Crippen LogP contribution >= 0.6 is 11.8 Å². The fraction of sp³-hybridized carbons (Fsp3) is 0.364. The van der Waals surface area contributed by atoms with Gasteiger partial charge in [-0.15, -0.1) is 0 Å². The maximum Gasteiger partial charge on any atom is 0.223 e. The van der Waals surface area contributed by atoms with E-state index in [4.69, 9.17) is 0 Å². The summed E-state index contributed by atoms with van der Waals surface area (Å²) >= 11 is 1.53. The van der Waals surface area contributed by atoms with E-state index < -0.39 is 0 Å². The van der Waals surface area contributed by atoms with E-state index in [1.807, 2.05) is 23.9 Å². The Morgan fingerprint density at radius 2 is 2.24 bits per heavy atom. The molecule has 0 aliphatic heterocycles. The van der Waals surface area contributed by atoms with Crippen LogP contribution < -0.4 is 5.32 Å². The number of imidazole rings is 1. The fourth-order valence-corrected chi connectivity index (χ4v) is 2.03. The van der Waals surface area contributed by atoms with Crippen molar-refractivity contribution in [1.82, 2.24) is 19.5 Å². The zero-order valence-electron chi connectivity index (χ0n) is 9.92. The summed E-state index contributed by atoms with van der Waals surface area (Å²) in [5.41, 5.74) is 0. The Hall–Kier alpha value is -1.56. The minimum Gasteiger partial charge on any atom is -0.354 e. The van der Waals surface area contributed by atoms with E-state index in [-0.39, 0.29) is 0 Å². The second-order valence-corrected chi connectivity index (χ2v) is 4.56. The molecular weight excluding hydrogens is 234 g/mol. The van der Waals surface area contributed by atoms with Crippen molar-refractivity contribution in [1.29, 1.82) is 0 Å². The van der Waals surface area contributed by atoms with E-state index in [1.165, 1.54) is 11.8 Å². The molecule has 0 saturated heterocycles. The molecule has 2 heterocycles. The van der Waals surface area contributed by atoms with Crippen LogP contribution in [0.15, 0.2) is 34.8 Å². The van der Waals surface area contributed by atoms with E-state index in [1.54, 1.807) is 12.4 Å². The Balaban J connectivity index is 2.08. The third kappa shape index (κ3) is 3.20. The lowest BCUT2D eigenvalue weighted by Gasteiger charge is -2.04. The molecule has 0 atom stereocenters. The summed E-state index contributed by atoms with van der Waals surface area (Å²) in [6, 6.07) is 1.89. The molecule has 6 heteroatoms. The summed E-state index contributed by atoms with van der Waals surface area (Å²) in [7, 11) is 1.97. The molecule has 2 aromatic heterocycles. The first-order valence-electron chi connectivity index (χ1n) is 5.51. The smallest absolute Gasteiger partial charge is 0.223 e. The lowest BCUT2D eigenvalue weighted by Crippen LogP contribution is -2.04. The maximum atomic E-state index is 4.41. The topological polar surface area (TPSA) is 55.6 Å². The second kappa shape index (κ2) is 5.67. The first-order chi connectivity index (χ1) is 8.29. The first-order valence-corrected chi connectivity index (χ1v) is 6.33. The fourth-order valence-electron chi connectivity index (χ4n) is 1.26. The molecule has 0 bridgehead atoms. The van der Waals surface area contributed by atoms with Gasteiger partial charge in [-0.3, -0.25) is 0 Å². The lowest BCUT2D eigenvalue weighted by atomic mass is 10.5. The average molecular weight is 249 g/mol. The van der Waals surface area contributed by atoms with Crippen molar-refractivity contribution in [3.05, 3.63) is 24.7 Å². The van der Waals surface area contributed by atoms with E-state index in [0.29, 0.717) is 5.95 Å². The number of hydrogen-bond acceptors (Lipinski definition) is 5. The van der Waals surface area contributed by atoms with Crippen LogP contribution in [0.1, 0.15) is 13.3 Å². The van der Waals surface area contributed by atoms with Crippen LogP contribution in [0.25, 0.3) is 0 Å². The van der Waals surface area contributed by atoms with Gasteiger partial charge in [0.05, 0.1) is 0 Å². The molecule has 0 radical (unpaired) electrons. The molecule has 2 aromatic rings. The molecule has 0 unspecified atom stereocenters. The summed E-state index contributed by atoms with van der Waals surface area (Å²) in [6.45, 7) is 3.00. The first kappa shape index (κ1) is 11.9. The van der Waals surface area contributed by atoms with Crippen molar-refractivity contribution < 1.29 is 0 Å². The predicted octanol–water partition coefficient (Wildman–Crippen LogP) is 2.18. The minimum atomic E-state index is 0.672. The van der Waals surface area contributed by atoms with Gasteiger partial charge in [-0.05, 0) is 24.2 Å². The molecule has 90 valence electrons. The van der Waals surface area contributed by atoms with E-state index in [0.717, 1.165) is 23.1 Å². The molecule has 0 saturated carbocycles. The molecule has 0 spiro atoms. The number of hydrogen-bond donors (Lipinski definition) is 1. The molecule has 0 amide bonds. The average Bonchev–Trinajstić information content (AvgIpc) is 2.73. The van der Waals surface area contributed by atoms with Gasteiger partial charge in [0.2, 0.25) is 5.95 Å². The van der Waals surface area contributed by atoms with E-state index >= 15 is 0 Å². The van der Waals surface area contributed by atoms with Crippen LogP contribution in [0.3, 0.4) is 0 Å². The van der Waals surface area contributed by atoms with Crippen LogP contribution in [0.4, 0.5) is 5.95 Å². The number of rotatable bonds is 5. The summed E-state index contributed by atoms with van der Waals surface area (Å²) < 4.78 is 1.96. The number of aryl methyl sites for hydroxylation is 1. The predicted molar refractivity (Wildman–Crippen MR) is 68.1 cm³/mol. The summed E-state index contributed by atoms with van der Waals surface area (Å²) in [4.78, 5) is 12.8. The van der Waals surface area contributed by atoms with Gasteiger partial charge in [0.25, 0.3) is 0 Å². The Kier molecular flexibility index (Phi) is 3.98. The largest absolute Gasteiger partial charge is 0.354 e. The van der Waals surface area contributed by atoms with Gasteiger partial charge in [0.15, 0.2) is 5.16 Å².